The summed E-state index contributed by atoms with van der Waals surface area (Å²) < 4.78 is 40.9. The lowest BCUT2D eigenvalue weighted by Gasteiger charge is -2.27. The highest BCUT2D eigenvalue weighted by atomic mass is 19.4. The summed E-state index contributed by atoms with van der Waals surface area (Å²) in [5.41, 5.74) is 0.274. The molecule has 0 radical (unpaired) electrons. The van der Waals surface area contributed by atoms with Crippen LogP contribution in [0.25, 0.3) is 0 Å². The van der Waals surface area contributed by atoms with Crippen molar-refractivity contribution in [3.63, 3.8) is 0 Å². The van der Waals surface area contributed by atoms with Gasteiger partial charge in [0.1, 0.15) is 5.75 Å². The van der Waals surface area contributed by atoms with Gasteiger partial charge in [-0.25, -0.2) is 0 Å². The first kappa shape index (κ1) is 13.9. The summed E-state index contributed by atoms with van der Waals surface area (Å²) >= 11 is 0. The van der Waals surface area contributed by atoms with E-state index in [2.05, 4.69) is 4.74 Å². The maximum Gasteiger partial charge on any atom is 0.573 e. The quantitative estimate of drug-likeness (QED) is 0.750. The lowest BCUT2D eigenvalue weighted by atomic mass is 9.80. The molecule has 0 saturated carbocycles. The third-order valence-corrected chi connectivity index (χ3v) is 2.72. The molecule has 0 bridgehead atoms. The Morgan fingerprint density at radius 2 is 1.71 bits per heavy atom. The molecule has 1 nitrogen and oxygen atoms in total. The molecular weight excluding hydrogens is 229 g/mol. The van der Waals surface area contributed by atoms with E-state index in [1.54, 1.807) is 18.2 Å². The van der Waals surface area contributed by atoms with Crippen molar-refractivity contribution in [1.29, 1.82) is 0 Å². The van der Waals surface area contributed by atoms with Crippen LogP contribution in [0.1, 0.15) is 39.2 Å². The average Bonchev–Trinajstić information content (AvgIpc) is 2.15. The molecular formula is C13H17F3O. The van der Waals surface area contributed by atoms with Crippen molar-refractivity contribution in [2.45, 2.75) is 45.4 Å². The van der Waals surface area contributed by atoms with Gasteiger partial charge in [0.25, 0.3) is 0 Å². The Hall–Kier alpha value is -1.19. The van der Waals surface area contributed by atoms with Crippen molar-refractivity contribution in [3.05, 3.63) is 29.8 Å². The average molecular weight is 246 g/mol. The summed E-state index contributed by atoms with van der Waals surface area (Å²) in [6.07, 6.45) is -2.92. The van der Waals surface area contributed by atoms with Gasteiger partial charge in [0.2, 0.25) is 0 Å². The van der Waals surface area contributed by atoms with Crippen molar-refractivity contribution < 1.29 is 17.9 Å². The highest BCUT2D eigenvalue weighted by Crippen LogP contribution is 2.37. The van der Waals surface area contributed by atoms with E-state index in [-0.39, 0.29) is 11.2 Å². The Labute approximate surface area is 99.6 Å². The van der Waals surface area contributed by atoms with Gasteiger partial charge in [-0.3, -0.25) is 0 Å². The van der Waals surface area contributed by atoms with Crippen molar-refractivity contribution in [2.75, 3.05) is 0 Å². The third kappa shape index (κ3) is 3.95. The summed E-state index contributed by atoms with van der Waals surface area (Å²) in [7, 11) is 0. The molecule has 1 aromatic rings. The van der Waals surface area contributed by atoms with E-state index in [1.165, 1.54) is 6.07 Å². The zero-order valence-corrected chi connectivity index (χ0v) is 10.3. The summed E-state index contributed by atoms with van der Waals surface area (Å²) in [5, 5.41) is 0. The van der Waals surface area contributed by atoms with Gasteiger partial charge in [0, 0.05) is 5.56 Å². The molecule has 0 spiro atoms. The first-order chi connectivity index (χ1) is 7.76. The monoisotopic (exact) mass is 246 g/mol. The molecule has 0 aliphatic rings. The molecule has 17 heavy (non-hydrogen) atoms. The molecule has 1 aromatic carbocycles. The van der Waals surface area contributed by atoms with E-state index in [1.807, 2.05) is 20.8 Å². The van der Waals surface area contributed by atoms with Gasteiger partial charge in [-0.05, 0) is 17.9 Å². The third-order valence-electron chi connectivity index (χ3n) is 2.72. The van der Waals surface area contributed by atoms with Crippen molar-refractivity contribution in [3.8, 4) is 5.75 Å². The number of benzene rings is 1. The van der Waals surface area contributed by atoms with Crippen LogP contribution in [-0.2, 0) is 5.41 Å². The zero-order chi connectivity index (χ0) is 13.1. The Kier molecular flexibility index (Phi) is 4.07. The van der Waals surface area contributed by atoms with Gasteiger partial charge < -0.3 is 4.74 Å². The van der Waals surface area contributed by atoms with Crippen molar-refractivity contribution in [1.82, 2.24) is 0 Å². The van der Waals surface area contributed by atoms with E-state index >= 15 is 0 Å². The SMILES string of the molecule is CCCC(C)(C)c1ccccc1OC(F)(F)F. The van der Waals surface area contributed by atoms with Crippen LogP contribution in [0.5, 0.6) is 5.75 Å². The molecule has 0 aromatic heterocycles. The van der Waals surface area contributed by atoms with Gasteiger partial charge in [0.05, 0.1) is 0 Å². The fraction of sp³-hybridized carbons (Fsp3) is 0.538. The first-order valence-corrected chi connectivity index (χ1v) is 5.61. The van der Waals surface area contributed by atoms with Gasteiger partial charge in [0.15, 0.2) is 0 Å². The second-order valence-electron chi connectivity index (χ2n) is 4.68. The van der Waals surface area contributed by atoms with Crippen LogP contribution >= 0.6 is 0 Å². The molecule has 0 atom stereocenters. The zero-order valence-electron chi connectivity index (χ0n) is 10.3. The summed E-state index contributed by atoms with van der Waals surface area (Å²) in [4.78, 5) is 0. The molecule has 0 aliphatic heterocycles. The van der Waals surface area contributed by atoms with E-state index < -0.39 is 6.36 Å². The molecule has 0 amide bonds. The molecule has 0 fully saturated rings. The minimum atomic E-state index is -4.64. The van der Waals surface area contributed by atoms with Gasteiger partial charge in [-0.15, -0.1) is 13.2 Å². The normalized spacial score (nSPS) is 12.6. The van der Waals surface area contributed by atoms with E-state index in [0.717, 1.165) is 12.8 Å². The van der Waals surface area contributed by atoms with Crippen LogP contribution in [0.4, 0.5) is 13.2 Å². The maximum atomic E-state index is 12.3. The topological polar surface area (TPSA) is 9.23 Å². The number of para-hydroxylation sites is 1. The summed E-state index contributed by atoms with van der Waals surface area (Å²) in [6, 6.07) is 6.33. The number of alkyl halides is 3. The fourth-order valence-electron chi connectivity index (χ4n) is 2.00. The maximum absolute atomic E-state index is 12.3. The van der Waals surface area contributed by atoms with Gasteiger partial charge in [-0.2, -0.15) is 0 Å². The minimum Gasteiger partial charge on any atom is -0.405 e. The molecule has 0 saturated heterocycles. The lowest BCUT2D eigenvalue weighted by molar-refractivity contribution is -0.275. The van der Waals surface area contributed by atoms with E-state index in [4.69, 9.17) is 0 Å². The second kappa shape index (κ2) is 4.98. The van der Waals surface area contributed by atoms with Gasteiger partial charge >= 0.3 is 6.36 Å². The van der Waals surface area contributed by atoms with Crippen molar-refractivity contribution in [2.24, 2.45) is 0 Å². The molecule has 0 aliphatic carbocycles. The minimum absolute atomic E-state index is 0.0987. The highest BCUT2D eigenvalue weighted by Gasteiger charge is 2.34. The van der Waals surface area contributed by atoms with Crippen LogP contribution < -0.4 is 4.74 Å². The Morgan fingerprint density at radius 3 is 2.24 bits per heavy atom. The summed E-state index contributed by atoms with van der Waals surface area (Å²) in [5.74, 6) is -0.0987. The second-order valence-corrected chi connectivity index (χ2v) is 4.68. The Balaban J connectivity index is 3.07. The highest BCUT2D eigenvalue weighted by molar-refractivity contribution is 5.38. The number of halogens is 3. The predicted octanol–water partition coefficient (Wildman–Crippen LogP) is 4.66. The number of rotatable bonds is 4. The van der Waals surface area contributed by atoms with Crippen LogP contribution in [0.3, 0.4) is 0 Å². The Morgan fingerprint density at radius 1 is 1.12 bits per heavy atom. The first-order valence-electron chi connectivity index (χ1n) is 5.61. The van der Waals surface area contributed by atoms with Crippen molar-refractivity contribution >= 4 is 0 Å². The molecule has 0 heterocycles. The van der Waals surface area contributed by atoms with Crippen LogP contribution in [0, 0.1) is 0 Å². The van der Waals surface area contributed by atoms with Crippen LogP contribution in [0.15, 0.2) is 24.3 Å². The predicted molar refractivity (Wildman–Crippen MR) is 61.1 cm³/mol. The molecule has 0 N–H and O–H groups in total. The molecule has 96 valence electrons. The Bertz CT molecular complexity index is 369. The molecule has 1 rings (SSSR count). The lowest BCUT2D eigenvalue weighted by Crippen LogP contribution is -2.23. The largest absolute Gasteiger partial charge is 0.573 e. The molecule has 0 unspecified atom stereocenters. The fourth-order valence-corrected chi connectivity index (χ4v) is 2.00. The van der Waals surface area contributed by atoms with Gasteiger partial charge in [-0.1, -0.05) is 45.4 Å². The standard InChI is InChI=1S/C13H17F3O/c1-4-9-12(2,3)10-7-5-6-8-11(10)17-13(14,15)16/h5-8H,4,9H2,1-3H3. The number of hydrogen-bond acceptors (Lipinski definition) is 1. The smallest absolute Gasteiger partial charge is 0.405 e. The number of hydrogen-bond donors (Lipinski definition) is 0. The van der Waals surface area contributed by atoms with E-state index in [0.29, 0.717) is 5.56 Å². The molecule has 4 heteroatoms. The van der Waals surface area contributed by atoms with Crippen LogP contribution in [0.2, 0.25) is 0 Å². The number of ether oxygens (including phenoxy) is 1. The summed E-state index contributed by atoms with van der Waals surface area (Å²) in [6.45, 7) is 5.86. The van der Waals surface area contributed by atoms with Crippen LogP contribution in [-0.4, -0.2) is 6.36 Å². The van der Waals surface area contributed by atoms with E-state index in [9.17, 15) is 13.2 Å².